The van der Waals surface area contributed by atoms with Crippen LogP contribution in [-0.4, -0.2) is 10.1 Å². The molecule has 0 unspecified atom stereocenters. The quantitative estimate of drug-likeness (QED) is 0.922. The Morgan fingerprint density at radius 2 is 2.00 bits per heavy atom. The third-order valence-electron chi connectivity index (χ3n) is 2.63. The molecule has 0 aliphatic rings. The predicted molar refractivity (Wildman–Crippen MR) is 70.7 cm³/mol. The van der Waals surface area contributed by atoms with E-state index in [4.69, 9.17) is 21.4 Å². The zero-order valence-corrected chi connectivity index (χ0v) is 10.8. The number of hydrogen-bond donors (Lipinski definition) is 1. The predicted octanol–water partition coefficient (Wildman–Crippen LogP) is 3.11. The summed E-state index contributed by atoms with van der Waals surface area (Å²) < 4.78 is 5.58. The van der Waals surface area contributed by atoms with Crippen LogP contribution in [-0.2, 0) is 13.2 Å². The first kappa shape index (κ1) is 12.9. The van der Waals surface area contributed by atoms with Crippen LogP contribution in [0.4, 0.5) is 0 Å². The normalized spacial score (nSPS) is 10.4. The summed E-state index contributed by atoms with van der Waals surface area (Å²) >= 11 is 6.05. The van der Waals surface area contributed by atoms with Crippen molar-refractivity contribution in [2.75, 3.05) is 0 Å². The summed E-state index contributed by atoms with van der Waals surface area (Å²) in [6.45, 7) is 2.17. The lowest BCUT2D eigenvalue weighted by atomic mass is 10.2. The number of aromatic nitrogens is 1. The summed E-state index contributed by atoms with van der Waals surface area (Å²) in [5, 5.41) is 9.52. The van der Waals surface area contributed by atoms with E-state index in [0.29, 0.717) is 23.1 Å². The standard InChI is InChI=1S/C14H14ClNO2/c1-10-12(8-17)7-13(15)14(16-10)18-9-11-5-3-2-4-6-11/h2-7,17H,8-9H2,1H3. The highest BCUT2D eigenvalue weighted by Crippen LogP contribution is 2.25. The van der Waals surface area contributed by atoms with E-state index < -0.39 is 0 Å². The zero-order chi connectivity index (χ0) is 13.0. The van der Waals surface area contributed by atoms with Crippen LogP contribution in [0.25, 0.3) is 0 Å². The number of pyridine rings is 1. The maximum atomic E-state index is 9.10. The zero-order valence-electron chi connectivity index (χ0n) is 10.1. The first-order chi connectivity index (χ1) is 8.70. The molecule has 0 atom stereocenters. The summed E-state index contributed by atoms with van der Waals surface area (Å²) in [6.07, 6.45) is 0. The monoisotopic (exact) mass is 263 g/mol. The molecular formula is C14H14ClNO2. The Labute approximate surface area is 111 Å². The fraction of sp³-hybridized carbons (Fsp3) is 0.214. The van der Waals surface area contributed by atoms with Gasteiger partial charge in [0, 0.05) is 11.3 Å². The number of aliphatic hydroxyl groups excluding tert-OH is 1. The molecule has 0 aliphatic carbocycles. The molecule has 0 spiro atoms. The second kappa shape index (κ2) is 5.85. The van der Waals surface area contributed by atoms with Crippen molar-refractivity contribution in [3.63, 3.8) is 0 Å². The van der Waals surface area contributed by atoms with Crippen LogP contribution in [0.2, 0.25) is 5.02 Å². The van der Waals surface area contributed by atoms with E-state index >= 15 is 0 Å². The van der Waals surface area contributed by atoms with Gasteiger partial charge in [-0.25, -0.2) is 4.98 Å². The molecule has 1 heterocycles. The third kappa shape index (κ3) is 3.00. The Morgan fingerprint density at radius 3 is 2.67 bits per heavy atom. The summed E-state index contributed by atoms with van der Waals surface area (Å²) in [4.78, 5) is 4.24. The van der Waals surface area contributed by atoms with Crippen molar-refractivity contribution in [3.8, 4) is 5.88 Å². The summed E-state index contributed by atoms with van der Waals surface area (Å²) in [5.74, 6) is 0.398. The van der Waals surface area contributed by atoms with Crippen LogP contribution in [0.3, 0.4) is 0 Å². The van der Waals surface area contributed by atoms with Crippen LogP contribution in [0.15, 0.2) is 36.4 Å². The molecule has 18 heavy (non-hydrogen) atoms. The number of aryl methyl sites for hydroxylation is 1. The van der Waals surface area contributed by atoms with Crippen LogP contribution >= 0.6 is 11.6 Å². The number of halogens is 1. The SMILES string of the molecule is Cc1nc(OCc2ccccc2)c(Cl)cc1CO. The van der Waals surface area contributed by atoms with Gasteiger partial charge in [-0.15, -0.1) is 0 Å². The molecule has 1 N–H and O–H groups in total. The van der Waals surface area contributed by atoms with Gasteiger partial charge in [0.2, 0.25) is 5.88 Å². The van der Waals surface area contributed by atoms with Crippen molar-refractivity contribution >= 4 is 11.6 Å². The summed E-state index contributed by atoms with van der Waals surface area (Å²) in [5.41, 5.74) is 2.50. The van der Waals surface area contributed by atoms with Gasteiger partial charge in [0.25, 0.3) is 0 Å². The fourth-order valence-electron chi connectivity index (χ4n) is 1.58. The van der Waals surface area contributed by atoms with Gasteiger partial charge < -0.3 is 9.84 Å². The molecule has 2 aromatic rings. The summed E-state index contributed by atoms with van der Waals surface area (Å²) in [7, 11) is 0. The van der Waals surface area contributed by atoms with Gasteiger partial charge >= 0.3 is 0 Å². The molecule has 0 saturated heterocycles. The molecule has 0 radical (unpaired) electrons. The number of aliphatic hydroxyl groups is 1. The van der Waals surface area contributed by atoms with Gasteiger partial charge in [-0.05, 0) is 18.6 Å². The minimum Gasteiger partial charge on any atom is -0.472 e. The Bertz CT molecular complexity index is 529. The van der Waals surface area contributed by atoms with Crippen molar-refractivity contribution in [1.82, 2.24) is 4.98 Å². The van der Waals surface area contributed by atoms with Gasteiger partial charge in [-0.2, -0.15) is 0 Å². The average molecular weight is 264 g/mol. The molecule has 1 aromatic heterocycles. The topological polar surface area (TPSA) is 42.4 Å². The van der Waals surface area contributed by atoms with E-state index in [2.05, 4.69) is 4.98 Å². The Kier molecular flexibility index (Phi) is 4.18. The lowest BCUT2D eigenvalue weighted by molar-refractivity contribution is 0.276. The van der Waals surface area contributed by atoms with E-state index in [9.17, 15) is 0 Å². The van der Waals surface area contributed by atoms with E-state index in [1.807, 2.05) is 37.3 Å². The second-order valence-corrected chi connectivity index (χ2v) is 4.36. The number of hydrogen-bond acceptors (Lipinski definition) is 3. The summed E-state index contributed by atoms with van der Waals surface area (Å²) in [6, 6.07) is 11.5. The van der Waals surface area contributed by atoms with Gasteiger partial charge in [-0.3, -0.25) is 0 Å². The van der Waals surface area contributed by atoms with Gasteiger partial charge in [0.1, 0.15) is 11.6 Å². The highest BCUT2D eigenvalue weighted by molar-refractivity contribution is 6.31. The fourth-order valence-corrected chi connectivity index (χ4v) is 1.81. The largest absolute Gasteiger partial charge is 0.472 e. The molecule has 0 aliphatic heterocycles. The molecule has 0 amide bonds. The lowest BCUT2D eigenvalue weighted by Gasteiger charge is -2.10. The first-order valence-electron chi connectivity index (χ1n) is 5.64. The van der Waals surface area contributed by atoms with Crippen LogP contribution in [0.5, 0.6) is 5.88 Å². The maximum Gasteiger partial charge on any atom is 0.233 e. The van der Waals surface area contributed by atoms with Crippen molar-refractivity contribution in [1.29, 1.82) is 0 Å². The molecule has 0 bridgehead atoms. The molecule has 2 rings (SSSR count). The molecule has 1 aromatic carbocycles. The molecule has 94 valence electrons. The van der Waals surface area contributed by atoms with Crippen molar-refractivity contribution in [2.24, 2.45) is 0 Å². The molecular weight excluding hydrogens is 250 g/mol. The first-order valence-corrected chi connectivity index (χ1v) is 6.02. The van der Waals surface area contributed by atoms with Crippen molar-refractivity contribution in [2.45, 2.75) is 20.1 Å². The lowest BCUT2D eigenvalue weighted by Crippen LogP contribution is -2.01. The van der Waals surface area contributed by atoms with Gasteiger partial charge in [-0.1, -0.05) is 41.9 Å². The third-order valence-corrected chi connectivity index (χ3v) is 2.90. The number of benzene rings is 1. The number of ether oxygens (including phenoxy) is 1. The number of nitrogens with zero attached hydrogens (tertiary/aromatic N) is 1. The number of rotatable bonds is 4. The van der Waals surface area contributed by atoms with Crippen LogP contribution in [0.1, 0.15) is 16.8 Å². The maximum absolute atomic E-state index is 9.10. The Hall–Kier alpha value is -1.58. The van der Waals surface area contributed by atoms with Gasteiger partial charge in [0.15, 0.2) is 0 Å². The van der Waals surface area contributed by atoms with E-state index in [0.717, 1.165) is 11.3 Å². The van der Waals surface area contributed by atoms with Crippen molar-refractivity contribution in [3.05, 3.63) is 58.2 Å². The highest BCUT2D eigenvalue weighted by Gasteiger charge is 2.08. The Balaban J connectivity index is 2.13. The highest BCUT2D eigenvalue weighted by atomic mass is 35.5. The minimum atomic E-state index is -0.0719. The van der Waals surface area contributed by atoms with Crippen molar-refractivity contribution < 1.29 is 9.84 Å². The molecule has 3 nitrogen and oxygen atoms in total. The van der Waals surface area contributed by atoms with Gasteiger partial charge in [0.05, 0.1) is 6.61 Å². The molecule has 0 saturated carbocycles. The van der Waals surface area contributed by atoms with Crippen LogP contribution in [0, 0.1) is 6.92 Å². The Morgan fingerprint density at radius 1 is 1.28 bits per heavy atom. The van der Waals surface area contributed by atoms with Crippen LogP contribution < -0.4 is 4.74 Å². The van der Waals surface area contributed by atoms with E-state index in [1.54, 1.807) is 6.07 Å². The minimum absolute atomic E-state index is 0.0719. The average Bonchev–Trinajstić information content (AvgIpc) is 2.40. The second-order valence-electron chi connectivity index (χ2n) is 3.95. The van der Waals surface area contributed by atoms with E-state index in [1.165, 1.54) is 0 Å². The molecule has 0 fully saturated rings. The molecule has 4 heteroatoms. The van der Waals surface area contributed by atoms with E-state index in [-0.39, 0.29) is 6.61 Å². The smallest absolute Gasteiger partial charge is 0.233 e.